The summed E-state index contributed by atoms with van der Waals surface area (Å²) in [4.78, 5) is 8.00. The Bertz CT molecular complexity index is 576. The standard InChI is InChI=1S/C15H27N3O2S2/c1-4-5-10-22(19,20)17-15-16-13(3)14(21-15)11-18-8-6-12(2)7-9-18/h12H,4-11H2,1-3H3,(H,16,17). The smallest absolute Gasteiger partial charge is 0.234 e. The molecular weight excluding hydrogens is 318 g/mol. The van der Waals surface area contributed by atoms with Gasteiger partial charge in [-0.2, -0.15) is 0 Å². The fourth-order valence-electron chi connectivity index (χ4n) is 2.56. The first kappa shape index (κ1) is 17.7. The summed E-state index contributed by atoms with van der Waals surface area (Å²) in [7, 11) is -3.26. The van der Waals surface area contributed by atoms with Gasteiger partial charge in [0.25, 0.3) is 0 Å². The van der Waals surface area contributed by atoms with Gasteiger partial charge in [-0.1, -0.05) is 31.6 Å². The summed E-state index contributed by atoms with van der Waals surface area (Å²) in [5.74, 6) is 0.987. The van der Waals surface area contributed by atoms with Crippen LogP contribution in [0.25, 0.3) is 0 Å². The van der Waals surface area contributed by atoms with E-state index in [1.165, 1.54) is 29.1 Å². The van der Waals surface area contributed by atoms with Gasteiger partial charge in [0.1, 0.15) is 0 Å². The molecule has 126 valence electrons. The van der Waals surface area contributed by atoms with E-state index in [4.69, 9.17) is 0 Å². The van der Waals surface area contributed by atoms with Gasteiger partial charge in [-0.05, 0) is 45.2 Å². The molecule has 22 heavy (non-hydrogen) atoms. The van der Waals surface area contributed by atoms with Gasteiger partial charge in [0.2, 0.25) is 10.0 Å². The van der Waals surface area contributed by atoms with Crippen molar-refractivity contribution in [1.29, 1.82) is 0 Å². The zero-order valence-electron chi connectivity index (χ0n) is 13.8. The average molecular weight is 346 g/mol. The van der Waals surface area contributed by atoms with E-state index in [1.807, 2.05) is 13.8 Å². The molecule has 5 nitrogen and oxygen atoms in total. The molecule has 0 bridgehead atoms. The third-order valence-corrected chi connectivity index (χ3v) is 6.66. The Morgan fingerprint density at radius 1 is 1.36 bits per heavy atom. The minimum absolute atomic E-state index is 0.168. The molecule has 0 radical (unpaired) electrons. The van der Waals surface area contributed by atoms with Gasteiger partial charge >= 0.3 is 0 Å². The van der Waals surface area contributed by atoms with E-state index in [0.29, 0.717) is 11.6 Å². The van der Waals surface area contributed by atoms with E-state index >= 15 is 0 Å². The Kier molecular flexibility index (Phi) is 6.23. The number of thiazole rings is 1. The molecular formula is C15H27N3O2S2. The second kappa shape index (κ2) is 7.75. The molecule has 1 aromatic rings. The first-order chi connectivity index (χ1) is 10.4. The number of sulfonamides is 1. The average Bonchev–Trinajstić information content (AvgIpc) is 2.78. The number of nitrogens with zero attached hydrogens (tertiary/aromatic N) is 2. The van der Waals surface area contributed by atoms with E-state index in [9.17, 15) is 8.42 Å². The summed E-state index contributed by atoms with van der Waals surface area (Å²) in [6, 6.07) is 0. The number of aryl methyl sites for hydroxylation is 1. The molecule has 0 aromatic carbocycles. The highest BCUT2D eigenvalue weighted by Gasteiger charge is 2.19. The number of anilines is 1. The number of likely N-dealkylation sites (tertiary alicyclic amines) is 1. The largest absolute Gasteiger partial charge is 0.298 e. The zero-order chi connectivity index (χ0) is 16.2. The molecule has 2 rings (SSSR count). The van der Waals surface area contributed by atoms with Gasteiger partial charge in [0.15, 0.2) is 5.13 Å². The number of unbranched alkanes of at least 4 members (excludes halogenated alkanes) is 1. The third kappa shape index (κ3) is 5.21. The molecule has 0 saturated carbocycles. The zero-order valence-corrected chi connectivity index (χ0v) is 15.4. The normalized spacial score (nSPS) is 17.8. The van der Waals surface area contributed by atoms with Crippen LogP contribution in [-0.2, 0) is 16.6 Å². The Morgan fingerprint density at radius 3 is 2.68 bits per heavy atom. The summed E-state index contributed by atoms with van der Waals surface area (Å²) in [5.41, 5.74) is 0.941. The van der Waals surface area contributed by atoms with E-state index < -0.39 is 10.0 Å². The maximum absolute atomic E-state index is 12.0. The molecule has 7 heteroatoms. The van der Waals surface area contributed by atoms with Gasteiger partial charge in [-0.15, -0.1) is 0 Å². The molecule has 1 saturated heterocycles. The van der Waals surface area contributed by atoms with Crippen LogP contribution < -0.4 is 4.72 Å². The van der Waals surface area contributed by atoms with Crippen LogP contribution in [0.15, 0.2) is 0 Å². The van der Waals surface area contributed by atoms with Gasteiger partial charge < -0.3 is 0 Å². The lowest BCUT2D eigenvalue weighted by Crippen LogP contribution is -2.32. The molecule has 0 aliphatic carbocycles. The van der Waals surface area contributed by atoms with E-state index in [0.717, 1.165) is 37.7 Å². The molecule has 1 aromatic heterocycles. The van der Waals surface area contributed by atoms with Gasteiger partial charge in [-0.25, -0.2) is 13.4 Å². The molecule has 1 N–H and O–H groups in total. The van der Waals surface area contributed by atoms with E-state index in [2.05, 4.69) is 21.5 Å². The second-order valence-corrected chi connectivity index (χ2v) is 9.19. The number of aromatic nitrogens is 1. The van der Waals surface area contributed by atoms with Crippen molar-refractivity contribution < 1.29 is 8.42 Å². The van der Waals surface area contributed by atoms with Crippen molar-refractivity contribution in [2.75, 3.05) is 23.6 Å². The second-order valence-electron chi connectivity index (χ2n) is 6.26. The highest BCUT2D eigenvalue weighted by Crippen LogP contribution is 2.27. The molecule has 1 aliphatic heterocycles. The first-order valence-electron chi connectivity index (χ1n) is 8.08. The molecule has 1 aliphatic rings. The summed E-state index contributed by atoms with van der Waals surface area (Å²) in [6.45, 7) is 9.38. The highest BCUT2D eigenvalue weighted by molar-refractivity contribution is 7.92. The first-order valence-corrected chi connectivity index (χ1v) is 10.6. The number of hydrogen-bond acceptors (Lipinski definition) is 5. The topological polar surface area (TPSA) is 62.3 Å². The van der Waals surface area contributed by atoms with Gasteiger partial charge in [-0.3, -0.25) is 9.62 Å². The number of hydrogen-bond donors (Lipinski definition) is 1. The monoisotopic (exact) mass is 345 g/mol. The van der Waals surface area contributed by atoms with Crippen LogP contribution >= 0.6 is 11.3 Å². The highest BCUT2D eigenvalue weighted by atomic mass is 32.2. The van der Waals surface area contributed by atoms with Crippen molar-refractivity contribution in [3.63, 3.8) is 0 Å². The molecule has 0 amide bonds. The van der Waals surface area contributed by atoms with Crippen molar-refractivity contribution in [2.45, 2.75) is 53.0 Å². The Labute approximate surface area is 138 Å². The van der Waals surface area contributed by atoms with Crippen LogP contribution in [-0.4, -0.2) is 37.1 Å². The van der Waals surface area contributed by atoms with E-state index in [-0.39, 0.29) is 5.75 Å². The third-order valence-electron chi connectivity index (χ3n) is 4.15. The molecule has 1 fully saturated rings. The lowest BCUT2D eigenvalue weighted by atomic mass is 9.99. The van der Waals surface area contributed by atoms with Crippen LogP contribution in [0.3, 0.4) is 0 Å². The number of nitrogens with one attached hydrogen (secondary N) is 1. The minimum atomic E-state index is -3.26. The molecule has 0 atom stereocenters. The summed E-state index contributed by atoms with van der Waals surface area (Å²) in [6.07, 6.45) is 4.04. The quantitative estimate of drug-likeness (QED) is 0.824. The maximum Gasteiger partial charge on any atom is 0.234 e. The number of rotatable bonds is 7. The van der Waals surface area contributed by atoms with Crippen LogP contribution in [0.2, 0.25) is 0 Å². The van der Waals surface area contributed by atoms with Crippen LogP contribution in [0.5, 0.6) is 0 Å². The maximum atomic E-state index is 12.0. The van der Waals surface area contributed by atoms with Crippen LogP contribution in [0.1, 0.15) is 50.1 Å². The molecule has 2 heterocycles. The molecule has 0 spiro atoms. The van der Waals surface area contributed by atoms with Crippen molar-refractivity contribution >= 4 is 26.5 Å². The Hall–Kier alpha value is -0.660. The predicted octanol–water partition coefficient (Wildman–Crippen LogP) is 3.23. The van der Waals surface area contributed by atoms with Crippen molar-refractivity contribution in [3.8, 4) is 0 Å². The Balaban J connectivity index is 1.96. The van der Waals surface area contributed by atoms with Crippen molar-refractivity contribution in [3.05, 3.63) is 10.6 Å². The van der Waals surface area contributed by atoms with Crippen molar-refractivity contribution in [1.82, 2.24) is 9.88 Å². The summed E-state index contributed by atoms with van der Waals surface area (Å²) < 4.78 is 26.5. The van der Waals surface area contributed by atoms with Crippen molar-refractivity contribution in [2.24, 2.45) is 5.92 Å². The summed E-state index contributed by atoms with van der Waals surface area (Å²) >= 11 is 1.47. The number of piperidine rings is 1. The Morgan fingerprint density at radius 2 is 2.05 bits per heavy atom. The predicted molar refractivity (Wildman–Crippen MR) is 92.8 cm³/mol. The fourth-order valence-corrected chi connectivity index (χ4v) is 5.05. The van der Waals surface area contributed by atoms with E-state index in [1.54, 1.807) is 0 Å². The lowest BCUT2D eigenvalue weighted by Gasteiger charge is -2.29. The lowest BCUT2D eigenvalue weighted by molar-refractivity contribution is 0.186. The fraction of sp³-hybridized carbons (Fsp3) is 0.800. The molecule has 0 unspecified atom stereocenters. The van der Waals surface area contributed by atoms with Gasteiger partial charge in [0.05, 0.1) is 11.4 Å². The minimum Gasteiger partial charge on any atom is -0.298 e. The van der Waals surface area contributed by atoms with Crippen LogP contribution in [0.4, 0.5) is 5.13 Å². The SMILES string of the molecule is CCCCS(=O)(=O)Nc1nc(C)c(CN2CCC(C)CC2)s1. The van der Waals surface area contributed by atoms with Gasteiger partial charge in [0, 0.05) is 11.4 Å². The summed E-state index contributed by atoms with van der Waals surface area (Å²) in [5, 5.41) is 0.508. The van der Waals surface area contributed by atoms with Crippen LogP contribution in [0, 0.1) is 12.8 Å².